The molecule has 1 aromatic heterocycles. The molecular weight excluding hydrogens is 296 g/mol. The van der Waals surface area contributed by atoms with Gasteiger partial charge in [0, 0.05) is 6.04 Å². The third-order valence-electron chi connectivity index (χ3n) is 3.48. The number of ether oxygens (including phenoxy) is 1. The molecule has 1 N–H and O–H groups in total. The molecule has 0 aliphatic carbocycles. The summed E-state index contributed by atoms with van der Waals surface area (Å²) in [5.74, 6) is 1.35. The van der Waals surface area contributed by atoms with Gasteiger partial charge in [-0.25, -0.2) is 13.4 Å². The average Bonchev–Trinajstić information content (AvgIpc) is 2.82. The maximum absolute atomic E-state index is 11.4. The van der Waals surface area contributed by atoms with Crippen molar-refractivity contribution in [3.8, 4) is 5.75 Å². The number of benzene rings is 1. The van der Waals surface area contributed by atoms with E-state index in [4.69, 9.17) is 4.74 Å². The van der Waals surface area contributed by atoms with Gasteiger partial charge in [-0.05, 0) is 31.0 Å². The summed E-state index contributed by atoms with van der Waals surface area (Å²) in [6.45, 7) is 0. The summed E-state index contributed by atoms with van der Waals surface area (Å²) in [6.07, 6.45) is 1.31. The van der Waals surface area contributed by atoms with Crippen LogP contribution in [-0.2, 0) is 9.84 Å². The SMILES string of the molecule is COc1ccc2nc(NC3CCS(=O)(=O)CC3)sc2c1. The molecule has 0 atom stereocenters. The highest BCUT2D eigenvalue weighted by Crippen LogP contribution is 2.30. The summed E-state index contributed by atoms with van der Waals surface area (Å²) >= 11 is 1.57. The molecule has 1 saturated heterocycles. The van der Waals surface area contributed by atoms with Crippen molar-refractivity contribution in [2.24, 2.45) is 0 Å². The third kappa shape index (κ3) is 2.88. The van der Waals surface area contributed by atoms with Crippen LogP contribution in [0.4, 0.5) is 5.13 Å². The minimum Gasteiger partial charge on any atom is -0.497 e. The lowest BCUT2D eigenvalue weighted by atomic mass is 10.2. The number of anilines is 1. The quantitative estimate of drug-likeness (QED) is 0.942. The Morgan fingerprint density at radius 2 is 2.10 bits per heavy atom. The Bertz CT molecular complexity index is 710. The summed E-state index contributed by atoms with van der Waals surface area (Å²) in [5, 5.41) is 4.19. The summed E-state index contributed by atoms with van der Waals surface area (Å²) < 4.78 is 29.1. The van der Waals surface area contributed by atoms with Crippen LogP contribution in [0.25, 0.3) is 10.2 Å². The minimum atomic E-state index is -2.82. The van der Waals surface area contributed by atoms with Gasteiger partial charge in [0.25, 0.3) is 0 Å². The Morgan fingerprint density at radius 3 is 2.80 bits per heavy atom. The van der Waals surface area contributed by atoms with E-state index in [-0.39, 0.29) is 17.5 Å². The van der Waals surface area contributed by atoms with E-state index in [1.165, 1.54) is 0 Å². The lowest BCUT2D eigenvalue weighted by Crippen LogP contribution is -2.32. The van der Waals surface area contributed by atoms with Crippen molar-refractivity contribution in [3.05, 3.63) is 18.2 Å². The molecule has 0 saturated carbocycles. The highest BCUT2D eigenvalue weighted by atomic mass is 32.2. The van der Waals surface area contributed by atoms with Crippen LogP contribution in [0.5, 0.6) is 5.75 Å². The molecule has 0 radical (unpaired) electrons. The summed E-state index contributed by atoms with van der Waals surface area (Å²) in [5.41, 5.74) is 0.932. The van der Waals surface area contributed by atoms with Crippen LogP contribution in [0.2, 0.25) is 0 Å². The maximum Gasteiger partial charge on any atom is 0.184 e. The molecule has 1 aliphatic rings. The van der Waals surface area contributed by atoms with Crippen LogP contribution in [0.1, 0.15) is 12.8 Å². The van der Waals surface area contributed by atoms with Gasteiger partial charge in [-0.1, -0.05) is 11.3 Å². The largest absolute Gasteiger partial charge is 0.497 e. The number of hydrogen-bond acceptors (Lipinski definition) is 6. The van der Waals surface area contributed by atoms with Gasteiger partial charge in [0.15, 0.2) is 5.13 Å². The fourth-order valence-electron chi connectivity index (χ4n) is 2.30. The van der Waals surface area contributed by atoms with Crippen molar-refractivity contribution in [2.75, 3.05) is 23.9 Å². The van der Waals surface area contributed by atoms with Crippen molar-refractivity contribution >= 4 is 36.5 Å². The lowest BCUT2D eigenvalue weighted by molar-refractivity contribution is 0.415. The molecule has 108 valence electrons. The highest BCUT2D eigenvalue weighted by Gasteiger charge is 2.24. The monoisotopic (exact) mass is 312 g/mol. The number of methoxy groups -OCH3 is 1. The number of hydrogen-bond donors (Lipinski definition) is 1. The number of fused-ring (bicyclic) bond motifs is 1. The van der Waals surface area contributed by atoms with Crippen LogP contribution in [0.3, 0.4) is 0 Å². The molecule has 0 bridgehead atoms. The van der Waals surface area contributed by atoms with E-state index in [0.717, 1.165) is 21.1 Å². The number of thiazole rings is 1. The Hall–Kier alpha value is -1.34. The van der Waals surface area contributed by atoms with Crippen LogP contribution in [0.15, 0.2) is 18.2 Å². The molecule has 1 fully saturated rings. The number of rotatable bonds is 3. The second-order valence-corrected chi connectivity index (χ2v) is 8.26. The number of aromatic nitrogens is 1. The molecule has 2 heterocycles. The van der Waals surface area contributed by atoms with Gasteiger partial charge in [0.05, 0.1) is 28.8 Å². The van der Waals surface area contributed by atoms with E-state index in [9.17, 15) is 8.42 Å². The first-order valence-electron chi connectivity index (χ1n) is 6.47. The smallest absolute Gasteiger partial charge is 0.184 e. The summed E-state index contributed by atoms with van der Waals surface area (Å²) in [7, 11) is -1.17. The molecule has 1 aromatic carbocycles. The van der Waals surface area contributed by atoms with Gasteiger partial charge in [-0.3, -0.25) is 0 Å². The standard InChI is InChI=1S/C13H16N2O3S2/c1-18-10-2-3-11-12(8-10)19-13(15-11)14-9-4-6-20(16,17)7-5-9/h2-3,8-9H,4-7H2,1H3,(H,14,15). The van der Waals surface area contributed by atoms with Crippen LogP contribution in [0, 0.1) is 0 Å². The molecule has 7 heteroatoms. The van der Waals surface area contributed by atoms with E-state index in [1.807, 2.05) is 18.2 Å². The predicted molar refractivity (Wildman–Crippen MR) is 81.5 cm³/mol. The Balaban J connectivity index is 1.75. The first-order chi connectivity index (χ1) is 9.55. The molecule has 0 spiro atoms. The van der Waals surface area contributed by atoms with Crippen LogP contribution >= 0.6 is 11.3 Å². The van der Waals surface area contributed by atoms with Gasteiger partial charge in [-0.15, -0.1) is 0 Å². The molecule has 2 aromatic rings. The van der Waals surface area contributed by atoms with Crippen LogP contribution in [-0.4, -0.2) is 38.1 Å². The molecule has 20 heavy (non-hydrogen) atoms. The van der Waals surface area contributed by atoms with Crippen molar-refractivity contribution < 1.29 is 13.2 Å². The molecule has 5 nitrogen and oxygen atoms in total. The minimum absolute atomic E-state index is 0.195. The van der Waals surface area contributed by atoms with Crippen molar-refractivity contribution in [1.29, 1.82) is 0 Å². The normalized spacial score (nSPS) is 19.1. The molecular formula is C13H16N2O3S2. The lowest BCUT2D eigenvalue weighted by Gasteiger charge is -2.22. The van der Waals surface area contributed by atoms with E-state index in [2.05, 4.69) is 10.3 Å². The van der Waals surface area contributed by atoms with E-state index < -0.39 is 9.84 Å². The Kier molecular flexibility index (Phi) is 3.55. The number of nitrogens with one attached hydrogen (secondary N) is 1. The molecule has 1 aliphatic heterocycles. The van der Waals surface area contributed by atoms with Crippen molar-refractivity contribution in [1.82, 2.24) is 4.98 Å². The van der Waals surface area contributed by atoms with Crippen molar-refractivity contribution in [2.45, 2.75) is 18.9 Å². The van der Waals surface area contributed by atoms with E-state index in [0.29, 0.717) is 12.8 Å². The molecule has 0 unspecified atom stereocenters. The maximum atomic E-state index is 11.4. The van der Waals surface area contributed by atoms with Gasteiger partial charge >= 0.3 is 0 Å². The van der Waals surface area contributed by atoms with Gasteiger partial charge in [-0.2, -0.15) is 0 Å². The van der Waals surface area contributed by atoms with E-state index >= 15 is 0 Å². The molecule has 3 rings (SSSR count). The predicted octanol–water partition coefficient (Wildman–Crippen LogP) is 2.29. The summed E-state index contributed by atoms with van der Waals surface area (Å²) in [4.78, 5) is 4.52. The highest BCUT2D eigenvalue weighted by molar-refractivity contribution is 7.91. The van der Waals surface area contributed by atoms with Crippen LogP contribution < -0.4 is 10.1 Å². The fourth-order valence-corrected chi connectivity index (χ4v) is 4.77. The summed E-state index contributed by atoms with van der Waals surface area (Å²) in [6, 6.07) is 5.98. The number of nitrogens with zero attached hydrogens (tertiary/aromatic N) is 1. The second kappa shape index (κ2) is 5.21. The van der Waals surface area contributed by atoms with Gasteiger partial charge < -0.3 is 10.1 Å². The Morgan fingerprint density at radius 1 is 1.35 bits per heavy atom. The zero-order valence-electron chi connectivity index (χ0n) is 11.1. The Labute approximate surface area is 121 Å². The molecule has 0 amide bonds. The first kappa shape index (κ1) is 13.6. The second-order valence-electron chi connectivity index (χ2n) is 4.92. The van der Waals surface area contributed by atoms with Gasteiger partial charge in [0.2, 0.25) is 0 Å². The number of sulfone groups is 1. The average molecular weight is 312 g/mol. The van der Waals surface area contributed by atoms with Gasteiger partial charge in [0.1, 0.15) is 15.6 Å². The van der Waals surface area contributed by atoms with E-state index in [1.54, 1.807) is 18.4 Å². The zero-order valence-corrected chi connectivity index (χ0v) is 12.8. The topological polar surface area (TPSA) is 68.3 Å². The third-order valence-corrected chi connectivity index (χ3v) is 6.14. The zero-order chi connectivity index (χ0) is 14.2. The van der Waals surface area contributed by atoms with Crippen molar-refractivity contribution in [3.63, 3.8) is 0 Å². The first-order valence-corrected chi connectivity index (χ1v) is 9.11. The fraction of sp³-hybridized carbons (Fsp3) is 0.462.